The van der Waals surface area contributed by atoms with Crippen LogP contribution in [0.5, 0.6) is 0 Å². The summed E-state index contributed by atoms with van der Waals surface area (Å²) < 4.78 is 5.03. The number of nitrogens with zero attached hydrogens (tertiary/aromatic N) is 6. The van der Waals surface area contributed by atoms with E-state index in [4.69, 9.17) is 9.72 Å². The van der Waals surface area contributed by atoms with Gasteiger partial charge in [0.25, 0.3) is 5.91 Å². The lowest BCUT2D eigenvalue weighted by Crippen LogP contribution is -2.56. The van der Waals surface area contributed by atoms with Gasteiger partial charge in [0.05, 0.1) is 6.61 Å². The third-order valence-electron chi connectivity index (χ3n) is 7.17. The number of carboxylic acid groups (broad SMARTS) is 1. The van der Waals surface area contributed by atoms with Gasteiger partial charge in [0.15, 0.2) is 5.82 Å². The molecule has 2 N–H and O–H groups in total. The number of anilines is 1. The van der Waals surface area contributed by atoms with Gasteiger partial charge in [-0.2, -0.15) is 0 Å². The first-order valence-electron chi connectivity index (χ1n) is 13.9. The first-order valence-corrected chi connectivity index (χ1v) is 13.9. The van der Waals surface area contributed by atoms with Crippen molar-refractivity contribution in [3.63, 3.8) is 0 Å². The van der Waals surface area contributed by atoms with Gasteiger partial charge in [-0.05, 0) is 20.4 Å². The summed E-state index contributed by atoms with van der Waals surface area (Å²) in [6.07, 6.45) is -0.824. The second kappa shape index (κ2) is 13.9. The van der Waals surface area contributed by atoms with Gasteiger partial charge in [-0.25, -0.2) is 14.8 Å². The quantitative estimate of drug-likeness (QED) is 0.452. The molecule has 2 aliphatic rings. The van der Waals surface area contributed by atoms with Gasteiger partial charge in [0.2, 0.25) is 5.91 Å². The van der Waals surface area contributed by atoms with E-state index in [0.29, 0.717) is 11.6 Å². The molecule has 4 rings (SSSR count). The average molecular weight is 568 g/mol. The zero-order valence-electron chi connectivity index (χ0n) is 23.5. The summed E-state index contributed by atoms with van der Waals surface area (Å²) in [6, 6.07) is 9.87. The van der Waals surface area contributed by atoms with Gasteiger partial charge >= 0.3 is 12.1 Å². The fourth-order valence-electron chi connectivity index (χ4n) is 4.77. The van der Waals surface area contributed by atoms with Crippen LogP contribution < -0.4 is 10.2 Å². The standard InChI is InChI=1S/C28H37N7O6/c1-3-41-28(40)35-17-15-34(16-18-35)27(39)21(9-10-24(36)37)30-26(38)22-19-23(33-13-11-32(2)12-14-33)31-25(29-22)20-7-5-4-6-8-20/h4-8,19,21H,3,9-18H2,1-2H3,(H,30,38)(H,36,37)/t21-/m0/s1. The van der Waals surface area contributed by atoms with Crippen molar-refractivity contribution in [2.75, 3.05) is 70.9 Å². The molecule has 41 heavy (non-hydrogen) atoms. The molecule has 2 saturated heterocycles. The lowest BCUT2D eigenvalue weighted by Gasteiger charge is -2.36. The molecule has 220 valence electrons. The summed E-state index contributed by atoms with van der Waals surface area (Å²) in [4.78, 5) is 67.0. The Morgan fingerprint density at radius 2 is 1.61 bits per heavy atom. The number of amides is 3. The number of likely N-dealkylation sites (N-methyl/N-ethyl adjacent to an activating group) is 1. The molecule has 2 aliphatic heterocycles. The Morgan fingerprint density at radius 3 is 2.24 bits per heavy atom. The Bertz CT molecular complexity index is 1230. The second-order valence-corrected chi connectivity index (χ2v) is 10.1. The molecule has 1 aromatic heterocycles. The first kappa shape index (κ1) is 29.7. The van der Waals surface area contributed by atoms with Crippen LogP contribution >= 0.6 is 0 Å². The molecule has 0 spiro atoms. The Labute approximate surface area is 239 Å². The highest BCUT2D eigenvalue weighted by atomic mass is 16.6. The minimum absolute atomic E-state index is 0.0834. The third kappa shape index (κ3) is 7.91. The molecule has 3 heterocycles. The van der Waals surface area contributed by atoms with E-state index in [2.05, 4.69) is 27.1 Å². The van der Waals surface area contributed by atoms with Crippen LogP contribution in [0.3, 0.4) is 0 Å². The molecular weight excluding hydrogens is 530 g/mol. The molecule has 0 radical (unpaired) electrons. The maximum Gasteiger partial charge on any atom is 0.409 e. The van der Waals surface area contributed by atoms with Crippen molar-refractivity contribution in [1.29, 1.82) is 0 Å². The van der Waals surface area contributed by atoms with Crippen molar-refractivity contribution in [2.24, 2.45) is 0 Å². The molecule has 0 aliphatic carbocycles. The fraction of sp³-hybridized carbons (Fsp3) is 0.500. The van der Waals surface area contributed by atoms with Crippen LogP contribution in [0.2, 0.25) is 0 Å². The molecule has 13 nitrogen and oxygen atoms in total. The second-order valence-electron chi connectivity index (χ2n) is 10.1. The highest BCUT2D eigenvalue weighted by Gasteiger charge is 2.31. The van der Waals surface area contributed by atoms with E-state index in [9.17, 15) is 24.3 Å². The van der Waals surface area contributed by atoms with Crippen LogP contribution in [0.25, 0.3) is 11.4 Å². The summed E-state index contributed by atoms with van der Waals surface area (Å²) in [5.74, 6) is -1.07. The van der Waals surface area contributed by atoms with E-state index in [-0.39, 0.29) is 51.3 Å². The maximum absolute atomic E-state index is 13.6. The molecule has 1 aromatic carbocycles. The van der Waals surface area contributed by atoms with Crippen molar-refractivity contribution >= 4 is 29.7 Å². The zero-order chi connectivity index (χ0) is 29.4. The Balaban J connectivity index is 1.54. The zero-order valence-corrected chi connectivity index (χ0v) is 23.5. The van der Waals surface area contributed by atoms with Gasteiger partial charge < -0.3 is 34.8 Å². The number of aromatic nitrogens is 2. The third-order valence-corrected chi connectivity index (χ3v) is 7.17. The van der Waals surface area contributed by atoms with Crippen LogP contribution in [-0.2, 0) is 14.3 Å². The minimum Gasteiger partial charge on any atom is -0.481 e. The molecule has 0 saturated carbocycles. The molecule has 2 aromatic rings. The van der Waals surface area contributed by atoms with Crippen LogP contribution in [0.1, 0.15) is 30.3 Å². The Hall–Kier alpha value is -4.26. The van der Waals surface area contributed by atoms with E-state index in [1.165, 1.54) is 9.80 Å². The number of rotatable bonds is 9. The number of hydrogen-bond acceptors (Lipinski definition) is 9. The fourth-order valence-corrected chi connectivity index (χ4v) is 4.77. The summed E-state index contributed by atoms with van der Waals surface area (Å²) >= 11 is 0. The largest absolute Gasteiger partial charge is 0.481 e. The monoisotopic (exact) mass is 567 g/mol. The summed E-state index contributed by atoms with van der Waals surface area (Å²) in [5.41, 5.74) is 0.837. The van der Waals surface area contributed by atoms with Crippen molar-refractivity contribution in [2.45, 2.75) is 25.8 Å². The van der Waals surface area contributed by atoms with Crippen molar-refractivity contribution in [3.8, 4) is 11.4 Å². The van der Waals surface area contributed by atoms with Gasteiger partial charge in [0, 0.05) is 70.4 Å². The number of piperazine rings is 2. The van der Waals surface area contributed by atoms with Crippen molar-refractivity contribution < 1.29 is 29.0 Å². The van der Waals surface area contributed by atoms with Crippen LogP contribution in [0, 0.1) is 0 Å². The lowest BCUT2D eigenvalue weighted by molar-refractivity contribution is -0.138. The number of carboxylic acids is 1. The first-order chi connectivity index (χ1) is 19.7. The number of hydrogen-bond donors (Lipinski definition) is 2. The highest BCUT2D eigenvalue weighted by Crippen LogP contribution is 2.22. The highest BCUT2D eigenvalue weighted by molar-refractivity contribution is 5.97. The van der Waals surface area contributed by atoms with E-state index < -0.39 is 29.9 Å². The molecule has 3 amide bonds. The molecule has 0 unspecified atom stereocenters. The number of aliphatic carboxylic acids is 1. The number of nitrogens with one attached hydrogen (secondary N) is 1. The predicted molar refractivity (Wildman–Crippen MR) is 150 cm³/mol. The average Bonchev–Trinajstić information content (AvgIpc) is 2.99. The van der Waals surface area contributed by atoms with E-state index in [1.54, 1.807) is 13.0 Å². The smallest absolute Gasteiger partial charge is 0.409 e. The molecule has 0 bridgehead atoms. The number of benzene rings is 1. The van der Waals surface area contributed by atoms with E-state index in [1.807, 2.05) is 30.3 Å². The molecule has 13 heteroatoms. The summed E-state index contributed by atoms with van der Waals surface area (Å²) in [5, 5.41) is 12.0. The normalized spacial score (nSPS) is 16.7. The molecular formula is C28H37N7O6. The summed E-state index contributed by atoms with van der Waals surface area (Å²) in [6.45, 7) is 6.21. The van der Waals surface area contributed by atoms with Gasteiger partial charge in [-0.15, -0.1) is 0 Å². The van der Waals surface area contributed by atoms with E-state index >= 15 is 0 Å². The topological polar surface area (TPSA) is 149 Å². The minimum atomic E-state index is -1.07. The SMILES string of the molecule is CCOC(=O)N1CCN(C(=O)[C@H](CCC(=O)O)NC(=O)c2cc(N3CCN(C)CC3)nc(-c3ccccc3)n2)CC1. The van der Waals surface area contributed by atoms with Gasteiger partial charge in [-0.3, -0.25) is 14.4 Å². The number of carbonyl (C=O) groups is 4. The Morgan fingerprint density at radius 1 is 0.951 bits per heavy atom. The lowest BCUT2D eigenvalue weighted by atomic mass is 10.1. The molecule has 1 atom stereocenters. The molecule has 2 fully saturated rings. The van der Waals surface area contributed by atoms with Crippen molar-refractivity contribution in [1.82, 2.24) is 30.0 Å². The van der Waals surface area contributed by atoms with Gasteiger partial charge in [0.1, 0.15) is 17.6 Å². The van der Waals surface area contributed by atoms with Crippen LogP contribution in [-0.4, -0.2) is 126 Å². The van der Waals surface area contributed by atoms with E-state index in [0.717, 1.165) is 31.7 Å². The number of carbonyl (C=O) groups excluding carboxylic acids is 3. The summed E-state index contributed by atoms with van der Waals surface area (Å²) in [7, 11) is 2.05. The van der Waals surface area contributed by atoms with Crippen LogP contribution in [0.15, 0.2) is 36.4 Å². The maximum atomic E-state index is 13.6. The predicted octanol–water partition coefficient (Wildman–Crippen LogP) is 1.16. The van der Waals surface area contributed by atoms with Gasteiger partial charge in [-0.1, -0.05) is 30.3 Å². The Kier molecular flexibility index (Phi) is 10.1. The number of ether oxygens (including phenoxy) is 1. The van der Waals surface area contributed by atoms with Crippen molar-refractivity contribution in [3.05, 3.63) is 42.1 Å². The van der Waals surface area contributed by atoms with Crippen LogP contribution in [0.4, 0.5) is 10.6 Å².